The lowest BCUT2D eigenvalue weighted by atomic mass is 10.2. The van der Waals surface area contributed by atoms with Crippen LogP contribution in [0.15, 0.2) is 21.8 Å². The second-order valence-electron chi connectivity index (χ2n) is 3.42. The smallest absolute Gasteiger partial charge is 0.268 e. The van der Waals surface area contributed by atoms with Crippen LogP contribution in [0.4, 0.5) is 0 Å². The highest BCUT2D eigenvalue weighted by Crippen LogP contribution is 2.29. The minimum absolute atomic E-state index is 0.131. The minimum Gasteiger partial charge on any atom is -0.297 e. The van der Waals surface area contributed by atoms with Crippen molar-refractivity contribution in [1.82, 2.24) is 9.55 Å². The third-order valence-corrected chi connectivity index (χ3v) is 2.76. The molecule has 1 aromatic heterocycles. The predicted molar refractivity (Wildman–Crippen MR) is 53.9 cm³/mol. The van der Waals surface area contributed by atoms with E-state index >= 15 is 0 Å². The molecular formula is C9H9BrN2O2. The van der Waals surface area contributed by atoms with Crippen LogP contribution >= 0.6 is 15.9 Å². The normalized spacial score (nSPS) is 15.5. The Morgan fingerprint density at radius 1 is 1.64 bits per heavy atom. The molecule has 5 heteroatoms. The molecule has 0 aromatic carbocycles. The summed E-state index contributed by atoms with van der Waals surface area (Å²) in [4.78, 5) is 26.7. The van der Waals surface area contributed by atoms with Gasteiger partial charge in [-0.25, -0.2) is 4.98 Å². The van der Waals surface area contributed by atoms with Gasteiger partial charge in [-0.1, -0.05) is 0 Å². The van der Waals surface area contributed by atoms with Gasteiger partial charge in [0.1, 0.15) is 4.47 Å². The molecule has 0 bridgehead atoms. The zero-order valence-corrected chi connectivity index (χ0v) is 9.03. The Morgan fingerprint density at radius 2 is 2.36 bits per heavy atom. The molecule has 74 valence electrons. The van der Waals surface area contributed by atoms with Gasteiger partial charge in [0.25, 0.3) is 5.56 Å². The van der Waals surface area contributed by atoms with Gasteiger partial charge < -0.3 is 0 Å². The molecule has 1 heterocycles. The summed E-state index contributed by atoms with van der Waals surface area (Å²) >= 11 is 3.08. The summed E-state index contributed by atoms with van der Waals surface area (Å²) in [6.07, 6.45) is 4.76. The van der Waals surface area contributed by atoms with E-state index in [0.29, 0.717) is 4.47 Å². The molecule has 14 heavy (non-hydrogen) atoms. The highest BCUT2D eigenvalue weighted by molar-refractivity contribution is 9.10. The number of carbonyl (C=O) groups is 1. The standard InChI is InChI=1S/C9H9BrN2O2/c10-7-3-11-5-12(9(7)14)4-8(13)6-1-2-6/h3,5-6H,1-2,4H2. The summed E-state index contributed by atoms with van der Waals surface area (Å²) in [5.41, 5.74) is -0.200. The van der Waals surface area contributed by atoms with Gasteiger partial charge in [0.05, 0.1) is 12.9 Å². The lowest BCUT2D eigenvalue weighted by molar-refractivity contribution is -0.120. The molecule has 0 atom stereocenters. The fourth-order valence-electron chi connectivity index (χ4n) is 1.24. The molecule has 0 amide bonds. The molecular weight excluding hydrogens is 248 g/mol. The van der Waals surface area contributed by atoms with Crippen LogP contribution in [0.5, 0.6) is 0 Å². The van der Waals surface area contributed by atoms with E-state index in [9.17, 15) is 9.59 Å². The second-order valence-corrected chi connectivity index (χ2v) is 4.27. The Kier molecular flexibility index (Phi) is 2.50. The SMILES string of the molecule is O=C(Cn1cncc(Br)c1=O)C1CC1. The molecule has 1 fully saturated rings. The number of ketones is 1. The Balaban J connectivity index is 2.19. The quantitative estimate of drug-likeness (QED) is 0.811. The molecule has 4 nitrogen and oxygen atoms in total. The van der Waals surface area contributed by atoms with Gasteiger partial charge in [0.15, 0.2) is 5.78 Å². The van der Waals surface area contributed by atoms with Crippen molar-refractivity contribution >= 4 is 21.7 Å². The lowest BCUT2D eigenvalue weighted by Gasteiger charge is -2.02. The first-order valence-corrected chi connectivity index (χ1v) is 5.20. The Morgan fingerprint density at radius 3 is 3.00 bits per heavy atom. The number of aromatic nitrogens is 2. The first kappa shape index (κ1) is 9.58. The van der Waals surface area contributed by atoms with Gasteiger partial charge in [0.2, 0.25) is 0 Å². The van der Waals surface area contributed by atoms with E-state index in [-0.39, 0.29) is 23.8 Å². The van der Waals surface area contributed by atoms with E-state index < -0.39 is 0 Å². The molecule has 0 N–H and O–H groups in total. The summed E-state index contributed by atoms with van der Waals surface area (Å²) in [7, 11) is 0. The number of carbonyl (C=O) groups excluding carboxylic acids is 1. The van der Waals surface area contributed by atoms with Crippen molar-refractivity contribution < 1.29 is 4.79 Å². The van der Waals surface area contributed by atoms with Crippen LogP contribution in [0.2, 0.25) is 0 Å². The van der Waals surface area contributed by atoms with Crippen molar-refractivity contribution in [3.05, 3.63) is 27.4 Å². The van der Waals surface area contributed by atoms with Gasteiger partial charge in [0, 0.05) is 12.1 Å². The largest absolute Gasteiger partial charge is 0.297 e. The fraction of sp³-hybridized carbons (Fsp3) is 0.444. The lowest BCUT2D eigenvalue weighted by Crippen LogP contribution is -2.25. The fourth-order valence-corrected chi connectivity index (χ4v) is 1.58. The van der Waals surface area contributed by atoms with Gasteiger partial charge in [-0.3, -0.25) is 14.2 Å². The number of hydrogen-bond acceptors (Lipinski definition) is 3. The van der Waals surface area contributed by atoms with Crippen LogP contribution in [0.1, 0.15) is 12.8 Å². The molecule has 1 aliphatic carbocycles. The highest BCUT2D eigenvalue weighted by atomic mass is 79.9. The number of hydrogen-bond donors (Lipinski definition) is 0. The van der Waals surface area contributed by atoms with Crippen LogP contribution in [-0.4, -0.2) is 15.3 Å². The average Bonchev–Trinajstić information content (AvgIpc) is 2.95. The summed E-state index contributed by atoms with van der Waals surface area (Å²) in [5.74, 6) is 0.313. The van der Waals surface area contributed by atoms with Crippen LogP contribution < -0.4 is 5.56 Å². The van der Waals surface area contributed by atoms with E-state index in [4.69, 9.17) is 0 Å². The van der Waals surface area contributed by atoms with Crippen molar-refractivity contribution in [2.75, 3.05) is 0 Å². The average molecular weight is 257 g/mol. The summed E-state index contributed by atoms with van der Waals surface area (Å²) in [6, 6.07) is 0. The molecule has 1 aromatic rings. The van der Waals surface area contributed by atoms with Crippen molar-refractivity contribution in [3.8, 4) is 0 Å². The molecule has 0 spiro atoms. The number of rotatable bonds is 3. The number of Topliss-reactive ketones (excluding diaryl/α,β-unsaturated/α-hetero) is 1. The highest BCUT2D eigenvalue weighted by Gasteiger charge is 2.29. The number of nitrogens with zero attached hydrogens (tertiary/aromatic N) is 2. The van der Waals surface area contributed by atoms with Gasteiger partial charge in [-0.15, -0.1) is 0 Å². The molecule has 1 aliphatic rings. The molecule has 1 saturated carbocycles. The van der Waals surface area contributed by atoms with E-state index in [2.05, 4.69) is 20.9 Å². The molecule has 0 saturated heterocycles. The van der Waals surface area contributed by atoms with Crippen LogP contribution in [0.25, 0.3) is 0 Å². The van der Waals surface area contributed by atoms with E-state index in [1.54, 1.807) is 0 Å². The monoisotopic (exact) mass is 256 g/mol. The van der Waals surface area contributed by atoms with Gasteiger partial charge >= 0.3 is 0 Å². The second kappa shape index (κ2) is 3.65. The molecule has 0 radical (unpaired) electrons. The maximum Gasteiger partial charge on any atom is 0.268 e. The van der Waals surface area contributed by atoms with E-state index in [1.165, 1.54) is 17.1 Å². The summed E-state index contributed by atoms with van der Waals surface area (Å²) in [5, 5.41) is 0. The van der Waals surface area contributed by atoms with Crippen LogP contribution in [0, 0.1) is 5.92 Å². The topological polar surface area (TPSA) is 52.0 Å². The van der Waals surface area contributed by atoms with Crippen LogP contribution in [0.3, 0.4) is 0 Å². The van der Waals surface area contributed by atoms with Crippen molar-refractivity contribution in [1.29, 1.82) is 0 Å². The predicted octanol–water partition coefficient (Wildman–Crippen LogP) is 0.985. The molecule has 0 aliphatic heterocycles. The van der Waals surface area contributed by atoms with Crippen molar-refractivity contribution in [2.45, 2.75) is 19.4 Å². The molecule has 0 unspecified atom stereocenters. The zero-order chi connectivity index (χ0) is 10.1. The van der Waals surface area contributed by atoms with E-state index in [0.717, 1.165) is 12.8 Å². The Bertz CT molecular complexity index is 423. The third kappa shape index (κ3) is 1.92. The first-order valence-electron chi connectivity index (χ1n) is 4.41. The van der Waals surface area contributed by atoms with Crippen molar-refractivity contribution in [3.63, 3.8) is 0 Å². The third-order valence-electron chi connectivity index (χ3n) is 2.22. The van der Waals surface area contributed by atoms with Gasteiger partial charge in [-0.05, 0) is 28.8 Å². The maximum absolute atomic E-state index is 11.5. The Hall–Kier alpha value is -0.970. The molecule has 2 rings (SSSR count). The summed E-state index contributed by atoms with van der Waals surface area (Å²) < 4.78 is 1.73. The van der Waals surface area contributed by atoms with E-state index in [1.807, 2.05) is 0 Å². The Labute approximate surface area is 89.1 Å². The maximum atomic E-state index is 11.5. The van der Waals surface area contributed by atoms with Crippen LogP contribution in [-0.2, 0) is 11.3 Å². The van der Waals surface area contributed by atoms with Crippen molar-refractivity contribution in [2.24, 2.45) is 5.92 Å². The van der Waals surface area contributed by atoms with Gasteiger partial charge in [-0.2, -0.15) is 0 Å². The first-order chi connectivity index (χ1) is 6.68. The minimum atomic E-state index is -0.200. The summed E-state index contributed by atoms with van der Waals surface area (Å²) in [6.45, 7) is 0.149. The zero-order valence-electron chi connectivity index (χ0n) is 7.44. The number of halogens is 1.